The molecule has 0 saturated carbocycles. The van der Waals surface area contributed by atoms with Gasteiger partial charge in [-0.2, -0.15) is 0 Å². The van der Waals surface area contributed by atoms with E-state index in [1.165, 1.54) is 0 Å². The maximum Gasteiger partial charge on any atom is 0.272 e. The lowest BCUT2D eigenvalue weighted by Gasteiger charge is -2.43. The number of hydrogen-bond acceptors (Lipinski definition) is 7. The van der Waals surface area contributed by atoms with Gasteiger partial charge in [0.25, 0.3) is 5.91 Å². The average Bonchev–Trinajstić information content (AvgIpc) is 2.83. The summed E-state index contributed by atoms with van der Waals surface area (Å²) in [7, 11) is 3.16. The van der Waals surface area contributed by atoms with Gasteiger partial charge < -0.3 is 23.9 Å². The Morgan fingerprint density at radius 2 is 1.77 bits per heavy atom. The van der Waals surface area contributed by atoms with Crippen LogP contribution in [-0.4, -0.2) is 48.8 Å². The summed E-state index contributed by atoms with van der Waals surface area (Å²) >= 11 is 0. The molecule has 0 aliphatic carbocycles. The number of piperidine rings is 1. The van der Waals surface area contributed by atoms with E-state index in [1.54, 1.807) is 25.2 Å². The van der Waals surface area contributed by atoms with E-state index in [4.69, 9.17) is 19.0 Å². The van der Waals surface area contributed by atoms with Crippen LogP contribution in [0.15, 0.2) is 48.5 Å². The van der Waals surface area contributed by atoms with E-state index in [9.17, 15) is 4.79 Å². The molecule has 1 aromatic heterocycles. The molecule has 2 aliphatic heterocycles. The van der Waals surface area contributed by atoms with Gasteiger partial charge in [0.15, 0.2) is 17.2 Å². The molecule has 8 heteroatoms. The molecule has 1 fully saturated rings. The van der Waals surface area contributed by atoms with Crippen LogP contribution in [0.5, 0.6) is 23.0 Å². The molecule has 1 saturated heterocycles. The fourth-order valence-electron chi connectivity index (χ4n) is 4.07. The van der Waals surface area contributed by atoms with Gasteiger partial charge in [0.2, 0.25) is 0 Å². The van der Waals surface area contributed by atoms with Gasteiger partial charge >= 0.3 is 0 Å². The Kier molecular flexibility index (Phi) is 4.78. The minimum Gasteiger partial charge on any atom is -0.496 e. The second kappa shape index (κ2) is 7.63. The number of carbonyl (C=O) groups excluding carboxylic acids is 1. The first-order chi connectivity index (χ1) is 15.1. The number of hydrogen-bond donors (Lipinski definition) is 1. The zero-order valence-corrected chi connectivity index (χ0v) is 17.4. The number of hydroxylamine groups is 1. The third kappa shape index (κ3) is 3.38. The van der Waals surface area contributed by atoms with Gasteiger partial charge in [0, 0.05) is 37.4 Å². The number of para-hydroxylation sites is 3. The molecule has 3 heterocycles. The lowest BCUT2D eigenvalue weighted by Crippen LogP contribution is -2.60. The van der Waals surface area contributed by atoms with Crippen molar-refractivity contribution in [3.05, 3.63) is 54.2 Å². The summed E-state index contributed by atoms with van der Waals surface area (Å²) in [5.41, 5.74) is 3.31. The van der Waals surface area contributed by atoms with Gasteiger partial charge in [-0.1, -0.05) is 18.2 Å². The smallest absolute Gasteiger partial charge is 0.272 e. The molecular formula is C23H23N3O5. The Bertz CT molecular complexity index is 1140. The summed E-state index contributed by atoms with van der Waals surface area (Å²) in [5, 5.41) is 0.798. The fraction of sp³-hybridized carbons (Fsp3) is 0.304. The monoisotopic (exact) mass is 421 g/mol. The highest BCUT2D eigenvalue weighted by Gasteiger charge is 2.42. The number of carbonyl (C=O) groups is 1. The number of fused-ring (bicyclic) bond motifs is 2. The van der Waals surface area contributed by atoms with Crippen LogP contribution in [0.4, 0.5) is 0 Å². The summed E-state index contributed by atoms with van der Waals surface area (Å²) in [6.45, 7) is 1.01. The Labute approximate surface area is 179 Å². The van der Waals surface area contributed by atoms with Crippen LogP contribution in [-0.2, 0) is 0 Å². The van der Waals surface area contributed by atoms with Crippen molar-refractivity contribution in [2.75, 3.05) is 27.3 Å². The molecule has 160 valence electrons. The third-order valence-electron chi connectivity index (χ3n) is 5.78. The molecule has 0 radical (unpaired) electrons. The number of nitrogens with zero attached hydrogens (tertiary/aromatic N) is 2. The molecule has 3 aromatic rings. The minimum absolute atomic E-state index is 0.155. The first-order valence-electron chi connectivity index (χ1n) is 10.2. The first kappa shape index (κ1) is 19.4. The van der Waals surface area contributed by atoms with Crippen LogP contribution in [0.25, 0.3) is 10.9 Å². The molecule has 1 spiro atoms. The van der Waals surface area contributed by atoms with Crippen LogP contribution >= 0.6 is 0 Å². The van der Waals surface area contributed by atoms with E-state index in [1.807, 2.05) is 42.5 Å². The number of ether oxygens (including phenoxy) is 3. The van der Waals surface area contributed by atoms with Crippen molar-refractivity contribution >= 4 is 16.8 Å². The number of aromatic nitrogens is 1. The number of pyridine rings is 1. The number of nitrogens with one attached hydrogen (secondary N) is 1. The molecule has 0 bridgehead atoms. The van der Waals surface area contributed by atoms with Crippen LogP contribution in [0.1, 0.15) is 23.3 Å². The molecule has 0 unspecified atom stereocenters. The Hall–Kier alpha value is -3.52. The van der Waals surface area contributed by atoms with Crippen molar-refractivity contribution in [1.82, 2.24) is 15.4 Å². The molecule has 2 aliphatic rings. The Balaban J connectivity index is 1.37. The third-order valence-corrected chi connectivity index (χ3v) is 5.78. The standard InChI is InChI=1S/C23H23N3O5/c1-28-19-9-5-6-15-20(29-2)14-16(24-21(15)19)22(27)26-12-10-23(11-13-26)25-31-18-8-4-3-7-17(18)30-23/h3-9,14,25H,10-13H2,1-2H3. The summed E-state index contributed by atoms with van der Waals surface area (Å²) < 4.78 is 17.1. The predicted molar refractivity (Wildman–Crippen MR) is 114 cm³/mol. The van der Waals surface area contributed by atoms with Crippen molar-refractivity contribution in [3.63, 3.8) is 0 Å². The van der Waals surface area contributed by atoms with Gasteiger partial charge in [-0.25, -0.2) is 4.98 Å². The molecular weight excluding hydrogens is 398 g/mol. The SMILES string of the molecule is COc1cc(C(=O)N2CCC3(CC2)NOc2ccccc2O3)nc2c(OC)cccc12. The summed E-state index contributed by atoms with van der Waals surface area (Å²) in [5.74, 6) is 2.39. The Morgan fingerprint density at radius 3 is 2.52 bits per heavy atom. The van der Waals surface area contributed by atoms with Crippen molar-refractivity contribution < 1.29 is 23.8 Å². The van der Waals surface area contributed by atoms with Gasteiger partial charge in [0.05, 0.1) is 14.2 Å². The number of methoxy groups -OCH3 is 2. The first-order valence-corrected chi connectivity index (χ1v) is 10.2. The molecule has 5 rings (SSSR count). The van der Waals surface area contributed by atoms with Crippen LogP contribution < -0.4 is 24.5 Å². The average molecular weight is 421 g/mol. The molecule has 1 amide bonds. The highest BCUT2D eigenvalue weighted by Crippen LogP contribution is 2.37. The molecule has 1 N–H and O–H groups in total. The second-order valence-electron chi connectivity index (χ2n) is 7.61. The summed E-state index contributed by atoms with van der Waals surface area (Å²) in [6.07, 6.45) is 1.17. The summed E-state index contributed by atoms with van der Waals surface area (Å²) in [6, 6.07) is 14.8. The van der Waals surface area contributed by atoms with Gasteiger partial charge in [-0.15, -0.1) is 5.48 Å². The van der Waals surface area contributed by atoms with Gasteiger partial charge in [0.1, 0.15) is 22.7 Å². The van der Waals surface area contributed by atoms with E-state index < -0.39 is 5.72 Å². The van der Waals surface area contributed by atoms with E-state index in [0.717, 1.165) is 5.39 Å². The zero-order chi connectivity index (χ0) is 21.4. The minimum atomic E-state index is -0.650. The maximum absolute atomic E-state index is 13.3. The van der Waals surface area contributed by atoms with E-state index >= 15 is 0 Å². The van der Waals surface area contributed by atoms with E-state index in [-0.39, 0.29) is 5.91 Å². The van der Waals surface area contributed by atoms with Crippen LogP contribution in [0, 0.1) is 0 Å². The van der Waals surface area contributed by atoms with Crippen LogP contribution in [0.3, 0.4) is 0 Å². The normalized spacial score (nSPS) is 16.9. The largest absolute Gasteiger partial charge is 0.496 e. The Morgan fingerprint density at radius 1 is 1.03 bits per heavy atom. The number of benzene rings is 2. The highest BCUT2D eigenvalue weighted by molar-refractivity contribution is 5.98. The fourth-order valence-corrected chi connectivity index (χ4v) is 4.07. The number of amides is 1. The maximum atomic E-state index is 13.3. The number of rotatable bonds is 3. The summed E-state index contributed by atoms with van der Waals surface area (Å²) in [4.78, 5) is 25.3. The molecule has 0 atom stereocenters. The topological polar surface area (TPSA) is 82.2 Å². The van der Waals surface area contributed by atoms with E-state index in [0.29, 0.717) is 60.1 Å². The zero-order valence-electron chi connectivity index (χ0n) is 17.4. The molecule has 8 nitrogen and oxygen atoms in total. The quantitative estimate of drug-likeness (QED) is 0.696. The van der Waals surface area contributed by atoms with Crippen molar-refractivity contribution in [2.24, 2.45) is 0 Å². The second-order valence-corrected chi connectivity index (χ2v) is 7.61. The van der Waals surface area contributed by atoms with Crippen molar-refractivity contribution in [3.8, 4) is 23.0 Å². The van der Waals surface area contributed by atoms with E-state index in [2.05, 4.69) is 10.5 Å². The van der Waals surface area contributed by atoms with Gasteiger partial charge in [-0.3, -0.25) is 4.79 Å². The van der Waals surface area contributed by atoms with Crippen molar-refractivity contribution in [2.45, 2.75) is 18.6 Å². The molecule has 2 aromatic carbocycles. The van der Waals surface area contributed by atoms with Crippen molar-refractivity contribution in [1.29, 1.82) is 0 Å². The predicted octanol–water partition coefficient (Wildman–Crippen LogP) is 3.16. The molecule has 31 heavy (non-hydrogen) atoms. The number of likely N-dealkylation sites (tertiary alicyclic amines) is 1. The van der Waals surface area contributed by atoms with Gasteiger partial charge in [-0.05, 0) is 24.3 Å². The highest BCUT2D eigenvalue weighted by atomic mass is 16.7. The van der Waals surface area contributed by atoms with Crippen LogP contribution in [0.2, 0.25) is 0 Å². The lowest BCUT2D eigenvalue weighted by molar-refractivity contribution is -0.112. The lowest BCUT2D eigenvalue weighted by atomic mass is 10.00.